The maximum Gasteiger partial charge on any atom is 0.261 e. The summed E-state index contributed by atoms with van der Waals surface area (Å²) in [5.41, 5.74) is 1.22. The van der Waals surface area contributed by atoms with Crippen LogP contribution >= 0.6 is 27.5 Å². The van der Waals surface area contributed by atoms with E-state index in [1.165, 1.54) is 18.2 Å². The Hall–Kier alpha value is -3.21. The van der Waals surface area contributed by atoms with Gasteiger partial charge in [-0.25, -0.2) is 8.42 Å². The summed E-state index contributed by atoms with van der Waals surface area (Å²) < 4.78 is 34.7. The summed E-state index contributed by atoms with van der Waals surface area (Å²) in [6, 6.07) is 20.2. The van der Waals surface area contributed by atoms with Crippen molar-refractivity contribution in [1.82, 2.24) is 15.0 Å². The second kappa shape index (κ2) is 10.6. The Labute approximate surface area is 227 Å². The number of halogens is 2. The van der Waals surface area contributed by atoms with E-state index in [9.17, 15) is 13.2 Å². The van der Waals surface area contributed by atoms with E-state index in [2.05, 4.69) is 30.8 Å². The van der Waals surface area contributed by atoms with Gasteiger partial charge in [0.05, 0.1) is 16.1 Å². The van der Waals surface area contributed by atoms with Crippen LogP contribution in [0.5, 0.6) is 0 Å². The molecule has 190 valence electrons. The topological polar surface area (TPSA) is 105 Å². The lowest BCUT2D eigenvalue weighted by Gasteiger charge is -2.31. The molecule has 1 aromatic heterocycles. The van der Waals surface area contributed by atoms with Gasteiger partial charge in [-0.1, -0.05) is 63.0 Å². The zero-order valence-electron chi connectivity index (χ0n) is 19.5. The molecule has 11 heteroatoms. The maximum atomic E-state index is 13.4. The van der Waals surface area contributed by atoms with Crippen LogP contribution in [-0.4, -0.2) is 42.5 Å². The minimum atomic E-state index is -3.90. The molecule has 37 heavy (non-hydrogen) atoms. The Morgan fingerprint density at radius 1 is 1.03 bits per heavy atom. The Morgan fingerprint density at radius 3 is 2.46 bits per heavy atom. The van der Waals surface area contributed by atoms with Crippen LogP contribution in [0.4, 0.5) is 5.69 Å². The van der Waals surface area contributed by atoms with Gasteiger partial charge >= 0.3 is 0 Å². The summed E-state index contributed by atoms with van der Waals surface area (Å²) >= 11 is 9.65. The molecular formula is C26H22BrClN4O4S. The molecule has 1 N–H and O–H groups in total. The summed E-state index contributed by atoms with van der Waals surface area (Å²) in [4.78, 5) is 19.8. The summed E-state index contributed by atoms with van der Waals surface area (Å²) in [6.07, 6.45) is 1.28. The number of sulfonamides is 1. The number of nitrogens with zero attached hydrogens (tertiary/aromatic N) is 3. The number of hydrogen-bond acceptors (Lipinski definition) is 6. The average Bonchev–Trinajstić information content (AvgIpc) is 3.39. The van der Waals surface area contributed by atoms with E-state index in [-0.39, 0.29) is 28.0 Å². The van der Waals surface area contributed by atoms with Crippen molar-refractivity contribution in [1.29, 1.82) is 0 Å². The number of carbonyl (C=O) groups is 1. The number of rotatable bonds is 6. The van der Waals surface area contributed by atoms with E-state index in [0.29, 0.717) is 42.7 Å². The molecule has 2 heterocycles. The average molecular weight is 602 g/mol. The van der Waals surface area contributed by atoms with Gasteiger partial charge in [0, 0.05) is 34.1 Å². The first-order valence-corrected chi connectivity index (χ1v) is 14.2. The van der Waals surface area contributed by atoms with Crippen LogP contribution in [0.25, 0.3) is 11.4 Å². The first-order valence-electron chi connectivity index (χ1n) is 11.6. The van der Waals surface area contributed by atoms with E-state index in [1.807, 2.05) is 24.3 Å². The van der Waals surface area contributed by atoms with Crippen LogP contribution in [0.15, 0.2) is 86.7 Å². The predicted octanol–water partition coefficient (Wildman–Crippen LogP) is 5.97. The van der Waals surface area contributed by atoms with Gasteiger partial charge in [0.2, 0.25) is 11.7 Å². The quantitative estimate of drug-likeness (QED) is 0.292. The van der Waals surface area contributed by atoms with Gasteiger partial charge < -0.3 is 9.42 Å². The third-order valence-corrected chi connectivity index (χ3v) is 8.51. The standard InChI is InChI=1S/C26H22BrClN4O4S/c27-22-9-5-4-8-20(22)24-29-25(36-30-24)17-12-14-32(15-13-17)26(33)21-11-10-18(28)16-23(21)31-37(34,35)19-6-2-1-3-7-19/h1-11,16-17,31H,12-15H2. The van der Waals surface area contributed by atoms with E-state index < -0.39 is 10.0 Å². The molecule has 5 rings (SSSR count). The number of aromatic nitrogens is 2. The highest BCUT2D eigenvalue weighted by Gasteiger charge is 2.30. The Balaban J connectivity index is 1.30. The monoisotopic (exact) mass is 600 g/mol. The number of carbonyl (C=O) groups excluding carboxylic acids is 1. The summed E-state index contributed by atoms with van der Waals surface area (Å²) in [6.45, 7) is 0.924. The first kappa shape index (κ1) is 25.4. The molecule has 0 unspecified atom stereocenters. The highest BCUT2D eigenvalue weighted by molar-refractivity contribution is 9.10. The number of likely N-dealkylation sites (tertiary alicyclic amines) is 1. The zero-order valence-corrected chi connectivity index (χ0v) is 22.6. The Bertz CT molecular complexity index is 1540. The van der Waals surface area contributed by atoms with Crippen LogP contribution in [0.1, 0.15) is 35.0 Å². The highest BCUT2D eigenvalue weighted by Crippen LogP contribution is 2.32. The van der Waals surface area contributed by atoms with Crippen LogP contribution < -0.4 is 4.72 Å². The van der Waals surface area contributed by atoms with Gasteiger partial charge in [-0.3, -0.25) is 9.52 Å². The molecule has 0 spiro atoms. The minimum absolute atomic E-state index is 0.0223. The van der Waals surface area contributed by atoms with Crippen molar-refractivity contribution in [3.05, 3.63) is 93.7 Å². The number of benzene rings is 3. The largest absolute Gasteiger partial charge is 0.339 e. The number of anilines is 1. The van der Waals surface area contributed by atoms with E-state index in [4.69, 9.17) is 16.1 Å². The van der Waals surface area contributed by atoms with Gasteiger partial charge in [0.15, 0.2) is 0 Å². The lowest BCUT2D eigenvalue weighted by atomic mass is 9.96. The van der Waals surface area contributed by atoms with Crippen molar-refractivity contribution < 1.29 is 17.7 Å². The third kappa shape index (κ3) is 5.56. The minimum Gasteiger partial charge on any atom is -0.339 e. The normalized spacial score (nSPS) is 14.5. The molecule has 0 aliphatic carbocycles. The zero-order chi connectivity index (χ0) is 26.0. The van der Waals surface area contributed by atoms with Gasteiger partial charge in [-0.15, -0.1) is 0 Å². The molecule has 1 saturated heterocycles. The molecule has 8 nitrogen and oxygen atoms in total. The number of hydrogen-bond donors (Lipinski definition) is 1. The second-order valence-electron chi connectivity index (χ2n) is 8.61. The predicted molar refractivity (Wildman–Crippen MR) is 144 cm³/mol. The van der Waals surface area contributed by atoms with Crippen LogP contribution in [0.3, 0.4) is 0 Å². The van der Waals surface area contributed by atoms with Crippen molar-refractivity contribution in [2.45, 2.75) is 23.7 Å². The third-order valence-electron chi connectivity index (χ3n) is 6.20. The van der Waals surface area contributed by atoms with E-state index >= 15 is 0 Å². The number of amides is 1. The summed E-state index contributed by atoms with van der Waals surface area (Å²) in [5, 5.41) is 4.45. The molecule has 0 radical (unpaired) electrons. The van der Waals surface area contributed by atoms with Crippen molar-refractivity contribution in [2.75, 3.05) is 17.8 Å². The number of piperidine rings is 1. The molecule has 0 saturated carbocycles. The molecular weight excluding hydrogens is 580 g/mol. The van der Waals surface area contributed by atoms with E-state index in [1.54, 1.807) is 35.2 Å². The van der Waals surface area contributed by atoms with Crippen molar-refractivity contribution in [3.8, 4) is 11.4 Å². The van der Waals surface area contributed by atoms with Crippen LogP contribution in [0.2, 0.25) is 5.02 Å². The molecule has 3 aromatic carbocycles. The molecule has 1 aliphatic rings. The second-order valence-corrected chi connectivity index (χ2v) is 11.6. The Morgan fingerprint density at radius 2 is 1.73 bits per heavy atom. The first-order chi connectivity index (χ1) is 17.8. The fraction of sp³-hybridized carbons (Fsp3) is 0.192. The lowest BCUT2D eigenvalue weighted by molar-refractivity contribution is 0.0705. The number of nitrogens with one attached hydrogen (secondary N) is 1. The van der Waals surface area contributed by atoms with Gasteiger partial charge in [-0.05, 0) is 55.3 Å². The fourth-order valence-corrected chi connectivity index (χ4v) is 5.97. The van der Waals surface area contributed by atoms with Gasteiger partial charge in [0.25, 0.3) is 15.9 Å². The van der Waals surface area contributed by atoms with Crippen LogP contribution in [0, 0.1) is 0 Å². The molecule has 0 atom stereocenters. The Kier molecular flexibility index (Phi) is 7.32. The molecule has 4 aromatic rings. The summed E-state index contributed by atoms with van der Waals surface area (Å²) in [7, 11) is -3.90. The van der Waals surface area contributed by atoms with Gasteiger partial charge in [-0.2, -0.15) is 4.98 Å². The van der Waals surface area contributed by atoms with Crippen molar-refractivity contribution >= 4 is 49.1 Å². The molecule has 1 aliphatic heterocycles. The van der Waals surface area contributed by atoms with Crippen molar-refractivity contribution in [3.63, 3.8) is 0 Å². The van der Waals surface area contributed by atoms with Crippen molar-refractivity contribution in [2.24, 2.45) is 0 Å². The molecule has 0 bridgehead atoms. The summed E-state index contributed by atoms with van der Waals surface area (Å²) in [5.74, 6) is 0.799. The fourth-order valence-electron chi connectivity index (χ4n) is 4.24. The van der Waals surface area contributed by atoms with Gasteiger partial charge in [0.1, 0.15) is 0 Å². The molecule has 1 amide bonds. The smallest absolute Gasteiger partial charge is 0.261 e. The van der Waals surface area contributed by atoms with E-state index in [0.717, 1.165) is 10.0 Å². The highest BCUT2D eigenvalue weighted by atomic mass is 79.9. The lowest BCUT2D eigenvalue weighted by Crippen LogP contribution is -2.38. The molecule has 1 fully saturated rings. The SMILES string of the molecule is O=C(c1ccc(Cl)cc1NS(=O)(=O)c1ccccc1)N1CCC(c2nc(-c3ccccc3Br)no2)CC1. The van der Waals surface area contributed by atoms with Crippen LogP contribution in [-0.2, 0) is 10.0 Å². The maximum absolute atomic E-state index is 13.4.